The van der Waals surface area contributed by atoms with E-state index in [0.717, 1.165) is 19.3 Å². The van der Waals surface area contributed by atoms with E-state index in [9.17, 15) is 19.6 Å². The van der Waals surface area contributed by atoms with Crippen molar-refractivity contribution in [3.05, 3.63) is 0 Å². The van der Waals surface area contributed by atoms with Gasteiger partial charge in [0, 0.05) is 14.1 Å². The minimum Gasteiger partial charge on any atom is -0.347 e. The Hall–Kier alpha value is -1.63. The SMILES string of the molecule is CCCCCC(CN(O)C=O)C(=O)N[C@H](C(=O)N(C)C)C(C)(C)C. The van der Waals surface area contributed by atoms with Gasteiger partial charge in [0.15, 0.2) is 0 Å². The van der Waals surface area contributed by atoms with Gasteiger partial charge in [-0.1, -0.05) is 47.0 Å². The second kappa shape index (κ2) is 10.3. The molecule has 0 aromatic carbocycles. The first kappa shape index (κ1) is 22.4. The van der Waals surface area contributed by atoms with Crippen LogP contribution in [0.1, 0.15) is 53.4 Å². The quantitative estimate of drug-likeness (QED) is 0.273. The molecule has 7 heteroatoms. The van der Waals surface area contributed by atoms with Crippen molar-refractivity contribution in [2.75, 3.05) is 20.6 Å². The maximum absolute atomic E-state index is 12.6. The van der Waals surface area contributed by atoms with Crippen molar-refractivity contribution in [1.82, 2.24) is 15.3 Å². The number of rotatable bonds is 10. The fraction of sp³-hybridized carbons (Fsp3) is 0.824. The molecular formula is C17H33N3O4. The molecule has 0 saturated carbocycles. The number of hydroxylamine groups is 2. The van der Waals surface area contributed by atoms with Crippen molar-refractivity contribution in [2.45, 2.75) is 59.4 Å². The molecule has 140 valence electrons. The third-order valence-corrected chi connectivity index (χ3v) is 3.90. The highest BCUT2D eigenvalue weighted by Crippen LogP contribution is 2.22. The summed E-state index contributed by atoms with van der Waals surface area (Å²) in [5.74, 6) is -1.05. The topological polar surface area (TPSA) is 90.0 Å². The lowest BCUT2D eigenvalue weighted by atomic mass is 9.85. The average Bonchev–Trinajstić information content (AvgIpc) is 2.49. The normalized spacial score (nSPS) is 13.8. The van der Waals surface area contributed by atoms with E-state index >= 15 is 0 Å². The van der Waals surface area contributed by atoms with Crippen molar-refractivity contribution >= 4 is 18.2 Å². The molecule has 1 unspecified atom stereocenters. The fourth-order valence-corrected chi connectivity index (χ4v) is 2.38. The van der Waals surface area contributed by atoms with Gasteiger partial charge in [0.05, 0.1) is 12.5 Å². The summed E-state index contributed by atoms with van der Waals surface area (Å²) in [6, 6.07) is -0.669. The summed E-state index contributed by atoms with van der Waals surface area (Å²) in [6.45, 7) is 7.63. The van der Waals surface area contributed by atoms with E-state index in [1.165, 1.54) is 4.90 Å². The van der Waals surface area contributed by atoms with Crippen LogP contribution < -0.4 is 5.32 Å². The van der Waals surface area contributed by atoms with Gasteiger partial charge in [0.2, 0.25) is 18.2 Å². The van der Waals surface area contributed by atoms with Crippen LogP contribution >= 0.6 is 0 Å². The summed E-state index contributed by atoms with van der Waals surface area (Å²) in [5.41, 5.74) is -0.450. The summed E-state index contributed by atoms with van der Waals surface area (Å²) < 4.78 is 0. The molecule has 2 atom stereocenters. The van der Waals surface area contributed by atoms with Crippen molar-refractivity contribution in [3.63, 3.8) is 0 Å². The van der Waals surface area contributed by atoms with E-state index in [0.29, 0.717) is 11.5 Å². The van der Waals surface area contributed by atoms with Gasteiger partial charge < -0.3 is 10.2 Å². The second-order valence-electron chi connectivity index (χ2n) is 7.46. The minimum atomic E-state index is -0.669. The van der Waals surface area contributed by atoms with Gasteiger partial charge in [-0.15, -0.1) is 0 Å². The molecule has 0 fully saturated rings. The number of likely N-dealkylation sites (N-methyl/N-ethyl adjacent to an activating group) is 1. The van der Waals surface area contributed by atoms with Crippen LogP contribution in [0.15, 0.2) is 0 Å². The third kappa shape index (κ3) is 7.77. The molecule has 2 N–H and O–H groups in total. The lowest BCUT2D eigenvalue weighted by molar-refractivity contribution is -0.155. The molecule has 0 aliphatic rings. The highest BCUT2D eigenvalue weighted by molar-refractivity contribution is 5.89. The Kier molecular flexibility index (Phi) is 9.58. The van der Waals surface area contributed by atoms with Crippen molar-refractivity contribution in [2.24, 2.45) is 11.3 Å². The van der Waals surface area contributed by atoms with Gasteiger partial charge >= 0.3 is 0 Å². The van der Waals surface area contributed by atoms with Crippen LogP contribution in [0.25, 0.3) is 0 Å². The summed E-state index contributed by atoms with van der Waals surface area (Å²) in [6.07, 6.45) is 3.64. The van der Waals surface area contributed by atoms with Crippen LogP contribution in [-0.2, 0) is 14.4 Å². The summed E-state index contributed by atoms with van der Waals surface area (Å²) in [4.78, 5) is 37.1. The minimum absolute atomic E-state index is 0.0773. The fourth-order valence-electron chi connectivity index (χ4n) is 2.38. The van der Waals surface area contributed by atoms with Crippen LogP contribution in [0.3, 0.4) is 0 Å². The number of nitrogens with one attached hydrogen (secondary N) is 1. The molecule has 0 heterocycles. The zero-order chi connectivity index (χ0) is 18.9. The molecule has 0 radical (unpaired) electrons. The molecule has 0 aromatic rings. The van der Waals surface area contributed by atoms with E-state index < -0.39 is 17.4 Å². The van der Waals surface area contributed by atoms with E-state index in [-0.39, 0.29) is 24.8 Å². The zero-order valence-corrected chi connectivity index (χ0v) is 15.8. The molecule has 0 aromatic heterocycles. The molecule has 0 aliphatic carbocycles. The van der Waals surface area contributed by atoms with Gasteiger partial charge in [-0.05, 0) is 11.8 Å². The molecule has 0 rings (SSSR count). The van der Waals surface area contributed by atoms with E-state index in [1.54, 1.807) is 14.1 Å². The van der Waals surface area contributed by atoms with E-state index in [2.05, 4.69) is 12.2 Å². The van der Waals surface area contributed by atoms with Crippen molar-refractivity contribution < 1.29 is 19.6 Å². The van der Waals surface area contributed by atoms with E-state index in [1.807, 2.05) is 20.8 Å². The van der Waals surface area contributed by atoms with Crippen molar-refractivity contribution in [3.8, 4) is 0 Å². The number of carbonyl (C=O) groups excluding carboxylic acids is 3. The first-order chi connectivity index (χ1) is 11.0. The molecule has 3 amide bonds. The Morgan fingerprint density at radius 1 is 1.21 bits per heavy atom. The van der Waals surface area contributed by atoms with Gasteiger partial charge in [0.25, 0.3) is 0 Å². The Morgan fingerprint density at radius 2 is 1.79 bits per heavy atom. The Balaban J connectivity index is 5.14. The maximum Gasteiger partial charge on any atom is 0.245 e. The molecule has 0 saturated heterocycles. The average molecular weight is 343 g/mol. The molecule has 7 nitrogen and oxygen atoms in total. The third-order valence-electron chi connectivity index (χ3n) is 3.90. The zero-order valence-electron chi connectivity index (χ0n) is 15.8. The summed E-state index contributed by atoms with van der Waals surface area (Å²) in [5, 5.41) is 12.7. The van der Waals surface area contributed by atoms with Crippen LogP contribution in [0.5, 0.6) is 0 Å². The highest BCUT2D eigenvalue weighted by atomic mass is 16.5. The molecule has 24 heavy (non-hydrogen) atoms. The molecule has 0 bridgehead atoms. The monoisotopic (exact) mass is 343 g/mol. The summed E-state index contributed by atoms with van der Waals surface area (Å²) >= 11 is 0. The predicted molar refractivity (Wildman–Crippen MR) is 92.3 cm³/mol. The number of amides is 3. The number of unbranched alkanes of at least 4 members (excludes halogenated alkanes) is 2. The highest BCUT2D eigenvalue weighted by Gasteiger charge is 2.35. The van der Waals surface area contributed by atoms with Gasteiger partial charge in [0.1, 0.15) is 6.04 Å². The lowest BCUT2D eigenvalue weighted by Crippen LogP contribution is -2.55. The van der Waals surface area contributed by atoms with Crippen LogP contribution in [-0.4, -0.2) is 60.1 Å². The first-order valence-corrected chi connectivity index (χ1v) is 8.46. The van der Waals surface area contributed by atoms with Gasteiger partial charge in [-0.2, -0.15) is 0 Å². The van der Waals surface area contributed by atoms with E-state index in [4.69, 9.17) is 0 Å². The Labute approximate surface area is 145 Å². The van der Waals surface area contributed by atoms with Crippen LogP contribution in [0, 0.1) is 11.3 Å². The molecule has 0 spiro atoms. The smallest absolute Gasteiger partial charge is 0.245 e. The van der Waals surface area contributed by atoms with Crippen molar-refractivity contribution in [1.29, 1.82) is 0 Å². The van der Waals surface area contributed by atoms with Gasteiger partial charge in [-0.25, -0.2) is 5.06 Å². The lowest BCUT2D eigenvalue weighted by Gasteiger charge is -2.33. The Morgan fingerprint density at radius 3 is 2.21 bits per heavy atom. The second-order valence-corrected chi connectivity index (χ2v) is 7.46. The number of hydrogen-bond acceptors (Lipinski definition) is 4. The number of nitrogens with zero attached hydrogens (tertiary/aromatic N) is 2. The first-order valence-electron chi connectivity index (χ1n) is 8.46. The standard InChI is InChI=1S/C17H33N3O4/c1-7-8-9-10-13(11-20(24)12-21)15(22)18-14(17(2,3)4)16(23)19(5)6/h12-14,24H,7-11H2,1-6H3,(H,18,22)/t13?,14-/m1/s1. The summed E-state index contributed by atoms with van der Waals surface area (Å²) in [7, 11) is 3.29. The predicted octanol–water partition coefficient (Wildman–Crippen LogP) is 1.65. The molecular weight excluding hydrogens is 310 g/mol. The Bertz CT molecular complexity index is 419. The maximum atomic E-state index is 12.6. The van der Waals surface area contributed by atoms with Crippen LogP contribution in [0.4, 0.5) is 0 Å². The van der Waals surface area contributed by atoms with Gasteiger partial charge in [-0.3, -0.25) is 19.6 Å². The molecule has 0 aliphatic heterocycles. The largest absolute Gasteiger partial charge is 0.347 e. The number of hydrogen-bond donors (Lipinski definition) is 2. The number of carbonyl (C=O) groups is 3. The van der Waals surface area contributed by atoms with Crippen LogP contribution in [0.2, 0.25) is 0 Å².